The first-order valence-electron chi connectivity index (χ1n) is 25.3. The molecule has 0 bridgehead atoms. The van der Waals surface area contributed by atoms with Crippen LogP contribution in [0, 0.1) is 27.1 Å². The average Bonchev–Trinajstić information content (AvgIpc) is 3.66. The van der Waals surface area contributed by atoms with E-state index in [1.807, 2.05) is 0 Å². The van der Waals surface area contributed by atoms with Gasteiger partial charge in [0.1, 0.15) is 0 Å². The molecule has 0 unspecified atom stereocenters. The van der Waals surface area contributed by atoms with E-state index >= 15 is 0 Å². The minimum atomic E-state index is -0.678. The van der Waals surface area contributed by atoms with Crippen LogP contribution in [0.1, 0.15) is 281 Å². The molecule has 4 rings (SSSR count). The molecule has 2 heteroatoms. The molecule has 0 aromatic carbocycles. The molecular formula is C56H121NSi. The Kier molecular flexibility index (Phi) is 33.5. The van der Waals surface area contributed by atoms with Crippen molar-refractivity contribution in [3.05, 3.63) is 11.1 Å². The third kappa shape index (κ3) is 44.0. The van der Waals surface area contributed by atoms with Crippen molar-refractivity contribution in [1.29, 1.82) is 0 Å². The number of likely N-dealkylation sites (tertiary alicyclic amines) is 1. The van der Waals surface area contributed by atoms with Crippen molar-refractivity contribution < 1.29 is 0 Å². The van der Waals surface area contributed by atoms with Gasteiger partial charge in [-0.1, -0.05) is 206 Å². The van der Waals surface area contributed by atoms with Crippen LogP contribution in [0.15, 0.2) is 11.1 Å². The third-order valence-corrected chi connectivity index (χ3v) is 14.7. The molecule has 1 aliphatic heterocycles. The molecule has 0 N–H and O–H groups in total. The molecule has 2 saturated carbocycles. The van der Waals surface area contributed by atoms with Crippen LogP contribution in [-0.2, 0) is 0 Å². The van der Waals surface area contributed by atoms with Crippen LogP contribution >= 0.6 is 0 Å². The van der Waals surface area contributed by atoms with Crippen LogP contribution in [-0.4, -0.2) is 31.1 Å². The van der Waals surface area contributed by atoms with Gasteiger partial charge in [-0.05, 0) is 146 Å². The first kappa shape index (κ1) is 64.5. The summed E-state index contributed by atoms with van der Waals surface area (Å²) in [5.74, 6) is 0. The van der Waals surface area contributed by atoms with E-state index in [2.05, 4.69) is 191 Å². The van der Waals surface area contributed by atoms with E-state index in [0.29, 0.717) is 32.7 Å². The highest BCUT2D eigenvalue weighted by Gasteiger charge is 2.41. The Hall–Kier alpha value is -0.0831. The number of nitrogens with zero attached hydrogens (tertiary/aromatic N) is 1. The lowest BCUT2D eigenvalue weighted by atomic mass is 9.81. The summed E-state index contributed by atoms with van der Waals surface area (Å²) in [5.41, 5.74) is 7.07. The van der Waals surface area contributed by atoms with Crippen molar-refractivity contribution >= 4 is 8.07 Å². The van der Waals surface area contributed by atoms with Crippen LogP contribution in [0.25, 0.3) is 0 Å². The summed E-state index contributed by atoms with van der Waals surface area (Å²) in [4.78, 5) is 2.49. The lowest BCUT2D eigenvalue weighted by Gasteiger charge is -2.36. The predicted octanol–water partition coefficient (Wildman–Crippen LogP) is 20.8. The molecule has 4 aliphatic rings. The number of rotatable bonds is 8. The van der Waals surface area contributed by atoms with Gasteiger partial charge in [-0.15, -0.1) is 0 Å². The maximum absolute atomic E-state index is 2.49. The Morgan fingerprint density at radius 2 is 0.759 bits per heavy atom. The Morgan fingerprint density at radius 3 is 0.845 bits per heavy atom. The molecule has 0 radical (unpaired) electrons. The molecule has 354 valence electrons. The lowest BCUT2D eigenvalue weighted by Crippen LogP contribution is -2.44. The highest BCUT2D eigenvalue weighted by Crippen LogP contribution is 2.48. The normalized spacial score (nSPS) is 20.3. The van der Waals surface area contributed by atoms with Crippen LogP contribution in [0.3, 0.4) is 0 Å². The van der Waals surface area contributed by atoms with E-state index in [9.17, 15) is 0 Å². The van der Waals surface area contributed by atoms with Gasteiger partial charge in [0.25, 0.3) is 0 Å². The van der Waals surface area contributed by atoms with E-state index in [-0.39, 0.29) is 0 Å². The molecule has 0 aromatic heterocycles. The van der Waals surface area contributed by atoms with Gasteiger partial charge in [0, 0.05) is 19.2 Å². The van der Waals surface area contributed by atoms with Crippen molar-refractivity contribution in [3.8, 4) is 0 Å². The number of hydrogen-bond acceptors (Lipinski definition) is 1. The van der Waals surface area contributed by atoms with Crippen molar-refractivity contribution in [2.75, 3.05) is 7.05 Å². The van der Waals surface area contributed by atoms with Gasteiger partial charge >= 0.3 is 0 Å². The van der Waals surface area contributed by atoms with Crippen LogP contribution in [0.4, 0.5) is 0 Å². The molecular weight excluding hydrogens is 715 g/mol. The van der Waals surface area contributed by atoms with Crippen molar-refractivity contribution in [2.45, 2.75) is 318 Å². The molecule has 3 fully saturated rings. The fraction of sp³-hybridized carbons (Fsp3) is 0.964. The largest absolute Gasteiger partial charge is 0.296 e. The summed E-state index contributed by atoms with van der Waals surface area (Å²) >= 11 is 0. The quantitative estimate of drug-likeness (QED) is 0.134. The zero-order valence-electron chi connectivity index (χ0n) is 46.6. The van der Waals surface area contributed by atoms with Gasteiger partial charge in [0.15, 0.2) is 0 Å². The Bertz CT molecular complexity index is 933. The van der Waals surface area contributed by atoms with E-state index in [1.54, 1.807) is 11.1 Å². The summed E-state index contributed by atoms with van der Waals surface area (Å²) in [6.07, 6.45) is 26.1. The van der Waals surface area contributed by atoms with Crippen molar-refractivity contribution in [3.63, 3.8) is 0 Å². The van der Waals surface area contributed by atoms with E-state index in [0.717, 1.165) is 5.41 Å². The van der Waals surface area contributed by atoms with E-state index in [1.165, 1.54) is 128 Å². The van der Waals surface area contributed by atoms with Gasteiger partial charge in [-0.3, -0.25) is 4.90 Å². The Morgan fingerprint density at radius 1 is 0.466 bits per heavy atom. The van der Waals surface area contributed by atoms with Gasteiger partial charge in [-0.25, -0.2) is 0 Å². The minimum absolute atomic E-state index is 0.420. The molecule has 0 spiro atoms. The van der Waals surface area contributed by atoms with Gasteiger partial charge in [0.05, 0.1) is 0 Å². The molecule has 1 nitrogen and oxygen atoms in total. The summed E-state index contributed by atoms with van der Waals surface area (Å²) in [6.45, 7) is 60.0. The zero-order valence-corrected chi connectivity index (χ0v) is 47.6. The second-order valence-corrected chi connectivity index (χ2v) is 32.0. The first-order chi connectivity index (χ1) is 25.9. The Balaban J connectivity index is -0.000000292. The number of hydrogen-bond donors (Lipinski definition) is 0. The van der Waals surface area contributed by atoms with Crippen LogP contribution < -0.4 is 0 Å². The molecule has 0 amide bonds. The SMILES string of the molecule is CC(C)(C)CCC(C)(C)C.CC1(C)CC1.CC1(C)CCC(C)(C)C1.CC1=C(C)CC1.CCCC.CCCCCC.CCCC[Si](C)(C)C.CN1C(C)(C)CCC1(C)C. The fourth-order valence-corrected chi connectivity index (χ4v) is 8.16. The average molecular weight is 837 g/mol. The smallest absolute Gasteiger partial charge is 0.0442 e. The maximum atomic E-state index is 2.49. The molecule has 1 heterocycles. The van der Waals surface area contributed by atoms with Gasteiger partial charge in [-0.2, -0.15) is 0 Å². The summed E-state index contributed by atoms with van der Waals surface area (Å²) in [7, 11) is 1.55. The molecule has 0 aromatic rings. The fourth-order valence-electron chi connectivity index (χ4n) is 6.75. The lowest BCUT2D eigenvalue weighted by molar-refractivity contribution is 0.115. The molecule has 1 saturated heterocycles. The topological polar surface area (TPSA) is 3.24 Å². The Labute approximate surface area is 374 Å². The number of unbranched alkanes of at least 4 members (excludes halogenated alkanes) is 5. The van der Waals surface area contributed by atoms with Crippen molar-refractivity contribution in [2.24, 2.45) is 27.1 Å². The summed E-state index contributed by atoms with van der Waals surface area (Å²) < 4.78 is 0. The maximum Gasteiger partial charge on any atom is 0.0442 e. The predicted molar refractivity (Wildman–Crippen MR) is 279 cm³/mol. The highest BCUT2D eigenvalue weighted by molar-refractivity contribution is 6.76. The minimum Gasteiger partial charge on any atom is -0.296 e. The second-order valence-electron chi connectivity index (χ2n) is 26.4. The highest BCUT2D eigenvalue weighted by atomic mass is 28.3. The zero-order chi connectivity index (χ0) is 46.9. The van der Waals surface area contributed by atoms with E-state index < -0.39 is 8.07 Å². The van der Waals surface area contributed by atoms with Gasteiger partial charge in [0.2, 0.25) is 0 Å². The van der Waals surface area contributed by atoms with E-state index in [4.69, 9.17) is 0 Å². The summed E-state index contributed by atoms with van der Waals surface area (Å²) in [6, 6.07) is 1.50. The van der Waals surface area contributed by atoms with Gasteiger partial charge < -0.3 is 0 Å². The number of allylic oxidation sites excluding steroid dienone is 2. The van der Waals surface area contributed by atoms with Crippen LogP contribution in [0.2, 0.25) is 25.7 Å². The second kappa shape index (κ2) is 30.1. The standard InChI is InChI=1S/C10H22.C9H19N.C9H18.C7H18Si.C6H10.C6H14.C5H10.C4H10/c1-9(2,3)7-8-10(4,5)6;1-8(2)6-7-9(3,4)10(8)5;1-8(2)5-6-9(3,4)7-8;1-5-6-7-8(2,3)4;1-5-3-4-6(5)2;1-3-5-6-4-2;1-5(2)3-4-5;1-3-4-2/h7-8H2,1-6H3;6-7H2,1-5H3;5-7H2,1-4H3;5-7H2,1-4H3;3-4H2,1-2H3;3-6H2,1-2H3;3-4H2,1-2H3;3-4H2,1-2H3. The summed E-state index contributed by atoms with van der Waals surface area (Å²) in [5, 5.41) is 0. The molecule has 58 heavy (non-hydrogen) atoms. The van der Waals surface area contributed by atoms with Crippen molar-refractivity contribution in [1.82, 2.24) is 4.90 Å². The first-order valence-corrected chi connectivity index (χ1v) is 29.0. The third-order valence-electron chi connectivity index (χ3n) is 12.8. The molecule has 3 aliphatic carbocycles. The molecule has 0 atom stereocenters. The monoisotopic (exact) mass is 836 g/mol. The van der Waals surface area contributed by atoms with Crippen LogP contribution in [0.5, 0.6) is 0 Å².